The minimum Gasteiger partial charge on any atom is -0.493 e. The summed E-state index contributed by atoms with van der Waals surface area (Å²) in [7, 11) is 1.62. The lowest BCUT2D eigenvalue weighted by Crippen LogP contribution is -2.11. The SMILES string of the molecule is COc1cc2c(cc1OC(C)C)-c1c(c(C(=O)O)nn1-c1ccccc1Br)CC2. The van der Waals surface area contributed by atoms with E-state index in [1.165, 1.54) is 0 Å². The second-order valence-corrected chi connectivity index (χ2v) is 8.03. The van der Waals surface area contributed by atoms with Crippen LogP contribution in [-0.2, 0) is 12.8 Å². The number of halogens is 1. The quantitative estimate of drug-likeness (QED) is 0.591. The highest BCUT2D eigenvalue weighted by molar-refractivity contribution is 9.10. The van der Waals surface area contributed by atoms with Gasteiger partial charge in [0.05, 0.1) is 24.6 Å². The van der Waals surface area contributed by atoms with E-state index in [0.717, 1.165) is 32.5 Å². The van der Waals surface area contributed by atoms with Gasteiger partial charge in [0.25, 0.3) is 0 Å². The van der Waals surface area contributed by atoms with Gasteiger partial charge in [-0.2, -0.15) is 5.10 Å². The third-order valence-electron chi connectivity index (χ3n) is 4.92. The number of aromatic carboxylic acids is 1. The number of aryl methyl sites for hydroxylation is 1. The number of rotatable bonds is 5. The molecule has 7 heteroatoms. The molecule has 1 heterocycles. The molecule has 2 aromatic carbocycles. The van der Waals surface area contributed by atoms with Crippen LogP contribution in [0.1, 0.15) is 35.5 Å². The van der Waals surface area contributed by atoms with E-state index in [0.29, 0.717) is 24.3 Å². The molecule has 1 N–H and O–H groups in total. The molecule has 0 fully saturated rings. The van der Waals surface area contributed by atoms with E-state index in [1.807, 2.05) is 50.2 Å². The van der Waals surface area contributed by atoms with Crippen molar-refractivity contribution in [1.82, 2.24) is 9.78 Å². The van der Waals surface area contributed by atoms with Crippen molar-refractivity contribution in [3.05, 3.63) is 57.7 Å². The third-order valence-corrected chi connectivity index (χ3v) is 5.59. The van der Waals surface area contributed by atoms with Crippen molar-refractivity contribution in [3.8, 4) is 28.4 Å². The number of carbonyl (C=O) groups is 1. The van der Waals surface area contributed by atoms with Gasteiger partial charge in [-0.05, 0) is 72.4 Å². The Morgan fingerprint density at radius 2 is 1.97 bits per heavy atom. The predicted molar refractivity (Wildman–Crippen MR) is 113 cm³/mol. The van der Waals surface area contributed by atoms with Crippen LogP contribution in [0, 0.1) is 0 Å². The molecule has 29 heavy (non-hydrogen) atoms. The Bertz CT molecular complexity index is 1100. The minimum atomic E-state index is -1.03. The summed E-state index contributed by atoms with van der Waals surface area (Å²) in [6.07, 6.45) is 1.29. The van der Waals surface area contributed by atoms with Crippen molar-refractivity contribution in [2.24, 2.45) is 0 Å². The number of aromatic nitrogens is 2. The van der Waals surface area contributed by atoms with Crippen molar-refractivity contribution < 1.29 is 19.4 Å². The van der Waals surface area contributed by atoms with Crippen molar-refractivity contribution in [2.45, 2.75) is 32.8 Å². The average molecular weight is 457 g/mol. The van der Waals surface area contributed by atoms with Crippen LogP contribution in [0.15, 0.2) is 40.9 Å². The molecule has 1 aliphatic carbocycles. The fraction of sp³-hybridized carbons (Fsp3) is 0.273. The highest BCUT2D eigenvalue weighted by atomic mass is 79.9. The molecule has 150 valence electrons. The Morgan fingerprint density at radius 1 is 1.21 bits per heavy atom. The molecule has 0 amide bonds. The van der Waals surface area contributed by atoms with Gasteiger partial charge in [-0.1, -0.05) is 12.1 Å². The van der Waals surface area contributed by atoms with Crippen LogP contribution in [0.5, 0.6) is 11.5 Å². The number of hydrogen-bond donors (Lipinski definition) is 1. The monoisotopic (exact) mass is 456 g/mol. The van der Waals surface area contributed by atoms with Gasteiger partial charge in [-0.15, -0.1) is 0 Å². The highest BCUT2D eigenvalue weighted by Gasteiger charge is 2.30. The maximum atomic E-state index is 11.9. The van der Waals surface area contributed by atoms with Gasteiger partial charge in [-0.25, -0.2) is 9.48 Å². The van der Waals surface area contributed by atoms with Crippen LogP contribution in [0.3, 0.4) is 0 Å². The largest absolute Gasteiger partial charge is 0.493 e. The number of nitrogens with zero attached hydrogens (tertiary/aromatic N) is 2. The van der Waals surface area contributed by atoms with E-state index in [9.17, 15) is 9.90 Å². The third kappa shape index (κ3) is 3.40. The summed E-state index contributed by atoms with van der Waals surface area (Å²) in [6, 6.07) is 11.6. The van der Waals surface area contributed by atoms with E-state index >= 15 is 0 Å². The van der Waals surface area contributed by atoms with E-state index in [4.69, 9.17) is 9.47 Å². The Kier molecular flexibility index (Phi) is 5.08. The molecule has 0 aliphatic heterocycles. The lowest BCUT2D eigenvalue weighted by molar-refractivity contribution is 0.0688. The van der Waals surface area contributed by atoms with Crippen LogP contribution < -0.4 is 9.47 Å². The molecule has 4 rings (SSSR count). The van der Waals surface area contributed by atoms with E-state index in [2.05, 4.69) is 21.0 Å². The molecule has 3 aromatic rings. The fourth-order valence-electron chi connectivity index (χ4n) is 3.73. The number of benzene rings is 2. The molecule has 0 saturated carbocycles. The molecule has 0 spiro atoms. The van der Waals surface area contributed by atoms with Crippen LogP contribution in [0.25, 0.3) is 16.9 Å². The maximum Gasteiger partial charge on any atom is 0.356 e. The fourth-order valence-corrected chi connectivity index (χ4v) is 4.18. The van der Waals surface area contributed by atoms with Crippen LogP contribution >= 0.6 is 15.9 Å². The van der Waals surface area contributed by atoms with Gasteiger partial charge in [-0.3, -0.25) is 0 Å². The van der Waals surface area contributed by atoms with E-state index < -0.39 is 5.97 Å². The number of hydrogen-bond acceptors (Lipinski definition) is 4. The van der Waals surface area contributed by atoms with Crippen LogP contribution in [-0.4, -0.2) is 34.1 Å². The molecule has 0 radical (unpaired) electrons. The van der Waals surface area contributed by atoms with Gasteiger partial charge in [0.15, 0.2) is 17.2 Å². The number of ether oxygens (including phenoxy) is 2. The first-order valence-corrected chi connectivity index (χ1v) is 10.2. The Morgan fingerprint density at radius 3 is 2.62 bits per heavy atom. The second kappa shape index (κ2) is 7.55. The van der Waals surface area contributed by atoms with Gasteiger partial charge in [0, 0.05) is 15.6 Å². The summed E-state index contributed by atoms with van der Waals surface area (Å²) in [5.74, 6) is 0.278. The molecular weight excluding hydrogens is 436 g/mol. The topological polar surface area (TPSA) is 73.6 Å². The lowest BCUT2D eigenvalue weighted by Gasteiger charge is -2.22. The minimum absolute atomic E-state index is 0.0206. The summed E-state index contributed by atoms with van der Waals surface area (Å²) in [4.78, 5) is 11.9. The summed E-state index contributed by atoms with van der Waals surface area (Å²) in [5.41, 5.74) is 4.39. The molecular formula is C22H21BrN2O4. The first-order valence-electron chi connectivity index (χ1n) is 9.38. The first kappa shape index (κ1) is 19.5. The zero-order chi connectivity index (χ0) is 20.7. The maximum absolute atomic E-state index is 11.9. The van der Waals surface area contributed by atoms with Gasteiger partial charge in [0.1, 0.15) is 0 Å². The number of methoxy groups -OCH3 is 1. The van der Waals surface area contributed by atoms with E-state index in [-0.39, 0.29) is 11.8 Å². The Labute approximate surface area is 177 Å². The molecule has 1 aromatic heterocycles. The van der Waals surface area contributed by atoms with Crippen molar-refractivity contribution >= 4 is 21.9 Å². The molecule has 0 bridgehead atoms. The first-order chi connectivity index (χ1) is 13.9. The van der Waals surface area contributed by atoms with Gasteiger partial charge in [0.2, 0.25) is 0 Å². The van der Waals surface area contributed by atoms with Gasteiger partial charge >= 0.3 is 5.97 Å². The lowest BCUT2D eigenvalue weighted by atomic mass is 9.88. The highest BCUT2D eigenvalue weighted by Crippen LogP contribution is 2.43. The number of para-hydroxylation sites is 1. The summed E-state index contributed by atoms with van der Waals surface area (Å²) < 4.78 is 14.0. The zero-order valence-electron chi connectivity index (χ0n) is 16.4. The Hall–Kier alpha value is -2.80. The molecule has 1 aliphatic rings. The zero-order valence-corrected chi connectivity index (χ0v) is 18.0. The average Bonchev–Trinajstić information content (AvgIpc) is 3.07. The van der Waals surface area contributed by atoms with Crippen LogP contribution in [0.4, 0.5) is 0 Å². The summed E-state index contributed by atoms with van der Waals surface area (Å²) >= 11 is 3.56. The number of fused-ring (bicyclic) bond motifs is 3. The van der Waals surface area contributed by atoms with Crippen molar-refractivity contribution in [2.75, 3.05) is 7.11 Å². The predicted octanol–water partition coefficient (Wildman–Crippen LogP) is 4.89. The number of carboxylic acid groups (broad SMARTS) is 1. The smallest absolute Gasteiger partial charge is 0.356 e. The van der Waals surface area contributed by atoms with Crippen molar-refractivity contribution in [1.29, 1.82) is 0 Å². The normalized spacial score (nSPS) is 12.4. The van der Waals surface area contributed by atoms with Crippen molar-refractivity contribution in [3.63, 3.8) is 0 Å². The molecule has 6 nitrogen and oxygen atoms in total. The Balaban J connectivity index is 2.00. The van der Waals surface area contributed by atoms with Gasteiger partial charge < -0.3 is 14.6 Å². The summed E-state index contributed by atoms with van der Waals surface area (Å²) in [5, 5.41) is 14.2. The number of carboxylic acids is 1. The second-order valence-electron chi connectivity index (χ2n) is 7.17. The van der Waals surface area contributed by atoms with E-state index in [1.54, 1.807) is 11.8 Å². The standard InChI is InChI=1S/C22H21BrN2O4/c1-12(2)29-19-11-15-13(10-18(19)28-3)8-9-14-20(22(26)27)24-25(21(14)15)17-7-5-4-6-16(17)23/h4-7,10-12H,8-9H2,1-3H3,(H,26,27). The van der Waals surface area contributed by atoms with Crippen LogP contribution in [0.2, 0.25) is 0 Å². The summed E-state index contributed by atoms with van der Waals surface area (Å²) in [6.45, 7) is 3.91. The molecule has 0 saturated heterocycles. The molecule has 0 unspecified atom stereocenters. The molecule has 0 atom stereocenters.